The summed E-state index contributed by atoms with van der Waals surface area (Å²) < 4.78 is 28.2. The number of carbonyl (C=O) groups excluding carboxylic acids is 1. The van der Waals surface area contributed by atoms with E-state index in [9.17, 15) is 4.79 Å². The molecule has 0 bridgehead atoms. The number of aromatic nitrogens is 3. The number of fused-ring (bicyclic) bond motifs is 5. The van der Waals surface area contributed by atoms with Crippen LogP contribution < -0.4 is 4.74 Å². The maximum atomic E-state index is 12.1. The van der Waals surface area contributed by atoms with E-state index in [0.29, 0.717) is 30.0 Å². The minimum absolute atomic E-state index is 0.224. The number of H-pyrrole nitrogens is 1. The topological polar surface area (TPSA) is 109 Å². The van der Waals surface area contributed by atoms with Gasteiger partial charge < -0.3 is 28.3 Å². The number of ether oxygens (including phenoxy) is 4. The van der Waals surface area contributed by atoms with Crippen molar-refractivity contribution in [3.8, 4) is 5.88 Å². The first kappa shape index (κ1) is 20.7. The SMILES string of the molecule is CCc1c(OC(=O)OC(C)C)ncc2[nH]c3ccc4oc(C5COC(C)(C)O5)nc4c3c12. The molecule has 168 valence electrons. The number of oxazole rings is 1. The molecule has 9 heteroatoms. The van der Waals surface area contributed by atoms with Crippen molar-refractivity contribution in [2.45, 2.75) is 59.0 Å². The summed E-state index contributed by atoms with van der Waals surface area (Å²) in [6, 6.07) is 3.82. The van der Waals surface area contributed by atoms with Gasteiger partial charge in [-0.3, -0.25) is 0 Å². The van der Waals surface area contributed by atoms with Crippen LogP contribution in [0.3, 0.4) is 0 Å². The third kappa shape index (κ3) is 3.47. The third-order valence-electron chi connectivity index (χ3n) is 5.39. The average molecular weight is 439 g/mol. The van der Waals surface area contributed by atoms with Crippen LogP contribution in [0.4, 0.5) is 4.79 Å². The van der Waals surface area contributed by atoms with Gasteiger partial charge in [0.05, 0.1) is 24.4 Å². The van der Waals surface area contributed by atoms with Crippen LogP contribution in [0.5, 0.6) is 5.88 Å². The van der Waals surface area contributed by atoms with E-state index in [1.807, 2.05) is 32.9 Å². The van der Waals surface area contributed by atoms with Gasteiger partial charge in [0.1, 0.15) is 5.52 Å². The van der Waals surface area contributed by atoms with Gasteiger partial charge in [0.25, 0.3) is 0 Å². The summed E-state index contributed by atoms with van der Waals surface area (Å²) in [5, 5.41) is 1.77. The Balaban J connectivity index is 1.66. The molecule has 0 radical (unpaired) electrons. The van der Waals surface area contributed by atoms with Crippen LogP contribution in [0.25, 0.3) is 32.9 Å². The van der Waals surface area contributed by atoms with Crippen LogP contribution in [0.15, 0.2) is 22.7 Å². The molecule has 4 heterocycles. The standard InChI is InChI=1S/C23H25N3O6/c1-6-12-17-14(9-24-20(12)31-22(27)29-11(2)3)25-13-7-8-15-19(18(13)17)26-21(30-15)16-10-28-23(4,5)32-16/h7-9,11,16,25H,6,10H2,1-5H3. The number of aryl methyl sites for hydroxylation is 1. The first-order valence-electron chi connectivity index (χ1n) is 10.7. The van der Waals surface area contributed by atoms with Gasteiger partial charge in [0.2, 0.25) is 11.8 Å². The number of aromatic amines is 1. The van der Waals surface area contributed by atoms with E-state index in [1.54, 1.807) is 20.0 Å². The Morgan fingerprint density at radius 2 is 2.09 bits per heavy atom. The minimum atomic E-state index is -0.781. The van der Waals surface area contributed by atoms with Crippen molar-refractivity contribution in [2.24, 2.45) is 0 Å². The number of benzene rings is 1. The fourth-order valence-electron chi connectivity index (χ4n) is 4.09. The Labute approximate surface area is 184 Å². The van der Waals surface area contributed by atoms with Crippen molar-refractivity contribution in [2.75, 3.05) is 6.61 Å². The fourth-order valence-corrected chi connectivity index (χ4v) is 4.09. The zero-order chi connectivity index (χ0) is 22.6. The molecule has 4 aromatic rings. The van der Waals surface area contributed by atoms with Crippen molar-refractivity contribution in [3.05, 3.63) is 29.8 Å². The molecule has 1 aromatic carbocycles. The fraction of sp³-hybridized carbons (Fsp3) is 0.435. The summed E-state index contributed by atoms with van der Waals surface area (Å²) in [6.07, 6.45) is 0.793. The van der Waals surface area contributed by atoms with E-state index < -0.39 is 11.9 Å². The molecule has 1 atom stereocenters. The maximum Gasteiger partial charge on any atom is 0.515 e. The number of carbonyl (C=O) groups is 1. The summed E-state index contributed by atoms with van der Waals surface area (Å²) in [6.45, 7) is 9.60. The molecule has 1 fully saturated rings. The maximum absolute atomic E-state index is 12.1. The first-order valence-corrected chi connectivity index (χ1v) is 10.7. The molecular formula is C23H25N3O6. The summed E-state index contributed by atoms with van der Waals surface area (Å²) in [7, 11) is 0. The summed E-state index contributed by atoms with van der Waals surface area (Å²) >= 11 is 0. The predicted octanol–water partition coefficient (Wildman–Crippen LogP) is 5.17. The lowest BCUT2D eigenvalue weighted by atomic mass is 10.1. The monoisotopic (exact) mass is 439 g/mol. The van der Waals surface area contributed by atoms with E-state index in [0.717, 1.165) is 27.4 Å². The molecule has 1 aliphatic heterocycles. The van der Waals surface area contributed by atoms with E-state index in [-0.39, 0.29) is 18.1 Å². The Bertz CT molecular complexity index is 1340. The van der Waals surface area contributed by atoms with E-state index in [1.165, 1.54) is 0 Å². The number of hydrogen-bond acceptors (Lipinski definition) is 8. The average Bonchev–Trinajstić information content (AvgIpc) is 3.40. The van der Waals surface area contributed by atoms with Crippen molar-refractivity contribution >= 4 is 39.1 Å². The highest BCUT2D eigenvalue weighted by molar-refractivity contribution is 6.19. The number of hydrogen-bond donors (Lipinski definition) is 1. The van der Waals surface area contributed by atoms with Gasteiger partial charge in [-0.25, -0.2) is 14.8 Å². The summed E-state index contributed by atoms with van der Waals surface area (Å²) in [4.78, 5) is 24.6. The highest BCUT2D eigenvalue weighted by Crippen LogP contribution is 2.39. The van der Waals surface area contributed by atoms with Crippen LogP contribution in [0, 0.1) is 0 Å². The van der Waals surface area contributed by atoms with Gasteiger partial charge in [-0.15, -0.1) is 0 Å². The lowest BCUT2D eigenvalue weighted by Gasteiger charge is -2.15. The zero-order valence-corrected chi connectivity index (χ0v) is 18.6. The molecule has 0 saturated carbocycles. The largest absolute Gasteiger partial charge is 0.515 e. The van der Waals surface area contributed by atoms with Crippen LogP contribution in [-0.2, 0) is 20.6 Å². The van der Waals surface area contributed by atoms with Crippen LogP contribution in [0.1, 0.15) is 52.2 Å². The molecule has 0 aliphatic carbocycles. The molecule has 0 spiro atoms. The third-order valence-corrected chi connectivity index (χ3v) is 5.39. The lowest BCUT2D eigenvalue weighted by Crippen LogP contribution is -2.19. The molecule has 1 N–H and O–H groups in total. The molecule has 1 saturated heterocycles. The van der Waals surface area contributed by atoms with Gasteiger partial charge in [-0.2, -0.15) is 0 Å². The zero-order valence-electron chi connectivity index (χ0n) is 18.6. The second kappa shape index (κ2) is 7.46. The van der Waals surface area contributed by atoms with Gasteiger partial charge in [0.15, 0.2) is 17.5 Å². The smallest absolute Gasteiger partial charge is 0.438 e. The molecule has 3 aromatic heterocycles. The molecule has 5 rings (SSSR count). The Morgan fingerprint density at radius 1 is 1.28 bits per heavy atom. The highest BCUT2D eigenvalue weighted by Gasteiger charge is 2.36. The van der Waals surface area contributed by atoms with Gasteiger partial charge in [-0.05, 0) is 46.2 Å². The van der Waals surface area contributed by atoms with E-state index >= 15 is 0 Å². The van der Waals surface area contributed by atoms with Crippen molar-refractivity contribution in [1.29, 1.82) is 0 Å². The summed E-state index contributed by atoms with van der Waals surface area (Å²) in [5.41, 5.74) is 3.83. The molecule has 32 heavy (non-hydrogen) atoms. The van der Waals surface area contributed by atoms with Crippen molar-refractivity contribution in [1.82, 2.24) is 15.0 Å². The van der Waals surface area contributed by atoms with E-state index in [4.69, 9.17) is 28.3 Å². The number of nitrogens with zero attached hydrogens (tertiary/aromatic N) is 2. The van der Waals surface area contributed by atoms with Crippen LogP contribution in [-0.4, -0.2) is 39.6 Å². The molecule has 9 nitrogen and oxygen atoms in total. The Morgan fingerprint density at radius 3 is 2.78 bits per heavy atom. The van der Waals surface area contributed by atoms with Crippen LogP contribution in [0.2, 0.25) is 0 Å². The van der Waals surface area contributed by atoms with Gasteiger partial charge in [0, 0.05) is 21.9 Å². The van der Waals surface area contributed by atoms with Crippen molar-refractivity contribution < 1.29 is 28.2 Å². The predicted molar refractivity (Wildman–Crippen MR) is 117 cm³/mol. The Kier molecular flexibility index (Phi) is 4.83. The molecule has 0 amide bonds. The minimum Gasteiger partial charge on any atom is -0.438 e. The second-order valence-corrected chi connectivity index (χ2v) is 8.53. The lowest BCUT2D eigenvalue weighted by molar-refractivity contribution is -0.141. The van der Waals surface area contributed by atoms with Gasteiger partial charge >= 0.3 is 6.16 Å². The molecule has 1 unspecified atom stereocenters. The van der Waals surface area contributed by atoms with Crippen LogP contribution >= 0.6 is 0 Å². The first-order chi connectivity index (χ1) is 15.3. The Hall–Kier alpha value is -3.17. The van der Waals surface area contributed by atoms with E-state index in [2.05, 4.69) is 9.97 Å². The molecule has 1 aliphatic rings. The quantitative estimate of drug-likeness (QED) is 0.434. The number of nitrogens with one attached hydrogen (secondary N) is 1. The molecular weight excluding hydrogens is 414 g/mol. The highest BCUT2D eigenvalue weighted by atomic mass is 16.7. The number of pyridine rings is 1. The summed E-state index contributed by atoms with van der Waals surface area (Å²) in [5.74, 6) is 0.0114. The van der Waals surface area contributed by atoms with Gasteiger partial charge in [-0.1, -0.05) is 6.92 Å². The number of rotatable bonds is 4. The normalized spacial score (nSPS) is 18.2. The van der Waals surface area contributed by atoms with Crippen molar-refractivity contribution in [3.63, 3.8) is 0 Å². The second-order valence-electron chi connectivity index (χ2n) is 8.53.